The van der Waals surface area contributed by atoms with E-state index in [0.29, 0.717) is 58.0 Å². The molecule has 2 N–H and O–H groups in total. The number of allylic oxidation sites excluding steroid dienone is 5. The molecule has 13 heteroatoms. The minimum Gasteiger partial charge on any atom is -0.469 e. The molecule has 274 valence electrons. The molecule has 5 aliphatic rings. The normalized spacial score (nSPS) is 22.3. The third-order valence-corrected chi connectivity index (χ3v) is 11.4. The number of hydrogen-bond acceptors (Lipinski definition) is 11. The Balaban J connectivity index is 1.63. The summed E-state index contributed by atoms with van der Waals surface area (Å²) in [6.45, 7) is 9.62. The minimum atomic E-state index is -1.20. The van der Waals surface area contributed by atoms with Crippen molar-refractivity contribution in [3.05, 3.63) is 86.8 Å². The number of aryl methyl sites for hydroxylation is 1. The molecule has 0 radical (unpaired) electrons. The zero-order chi connectivity index (χ0) is 38.1. The summed E-state index contributed by atoms with van der Waals surface area (Å²) in [7, 11) is 3.86. The molecule has 2 aromatic rings. The summed E-state index contributed by atoms with van der Waals surface area (Å²) in [5.41, 5.74) is 6.66. The van der Waals surface area contributed by atoms with Gasteiger partial charge in [0.1, 0.15) is 11.5 Å². The number of hydrogen-bond donors (Lipinski definition) is 2. The summed E-state index contributed by atoms with van der Waals surface area (Å²) in [5, 5.41) is 0. The van der Waals surface area contributed by atoms with Gasteiger partial charge in [-0.25, -0.2) is 19.4 Å². The van der Waals surface area contributed by atoms with Gasteiger partial charge in [-0.1, -0.05) is 26.0 Å². The van der Waals surface area contributed by atoms with Crippen molar-refractivity contribution in [2.24, 2.45) is 5.92 Å². The van der Waals surface area contributed by atoms with Crippen LogP contribution in [0, 0.1) is 12.8 Å². The van der Waals surface area contributed by atoms with E-state index in [1.807, 2.05) is 39.8 Å². The molecule has 0 aromatic carbocycles. The maximum atomic E-state index is 13.7. The zero-order valence-corrected chi connectivity index (χ0v) is 30.8. The lowest BCUT2D eigenvalue weighted by molar-refractivity contribution is -0.149. The summed E-state index contributed by atoms with van der Waals surface area (Å²) in [6.07, 6.45) is 4.41. The van der Waals surface area contributed by atoms with Crippen molar-refractivity contribution in [2.75, 3.05) is 21.3 Å². The topological polar surface area (TPSA) is 180 Å². The van der Waals surface area contributed by atoms with Crippen molar-refractivity contribution in [1.29, 1.82) is 0 Å². The Morgan fingerprint density at radius 2 is 1.64 bits per heavy atom. The van der Waals surface area contributed by atoms with Gasteiger partial charge in [0, 0.05) is 35.2 Å². The minimum absolute atomic E-state index is 0.110. The number of ether oxygens (including phenoxy) is 4. The first kappa shape index (κ1) is 35.5. The Labute approximate surface area is 305 Å². The third kappa shape index (κ3) is 5.31. The van der Waals surface area contributed by atoms with Crippen LogP contribution in [0.1, 0.15) is 119 Å². The van der Waals surface area contributed by atoms with Crippen LogP contribution < -0.4 is 0 Å². The SMILES string of the molecule is CCC1=C(C)c2cc3[nH]c(c4c5[nH]c(cc6nc(cc1n2)[C@@]1(C)C6=CC=C(C(=O)OC)[C@@H]1C(=O)OC)c(C)c5C(=O)OC4=O)[C@@H](CCC(=O)OC)[C@@H]3C. The highest BCUT2D eigenvalue weighted by molar-refractivity contribution is 6.18. The van der Waals surface area contributed by atoms with Crippen LogP contribution in [0.25, 0.3) is 27.8 Å². The number of carbonyl (C=O) groups excluding carboxylic acids is 5. The van der Waals surface area contributed by atoms with Gasteiger partial charge in [0.05, 0.1) is 66.2 Å². The van der Waals surface area contributed by atoms with Gasteiger partial charge in [-0.05, 0) is 74.1 Å². The number of nitrogens with one attached hydrogen (secondary N) is 2. The quantitative estimate of drug-likeness (QED) is 0.201. The lowest BCUT2D eigenvalue weighted by Gasteiger charge is -2.36. The van der Waals surface area contributed by atoms with Crippen molar-refractivity contribution < 1.29 is 42.9 Å². The van der Waals surface area contributed by atoms with Gasteiger partial charge in [-0.15, -0.1) is 0 Å². The average Bonchev–Trinajstić information content (AvgIpc) is 3.81. The Morgan fingerprint density at radius 1 is 0.906 bits per heavy atom. The molecule has 4 atom stereocenters. The molecule has 1 aliphatic carbocycles. The lowest BCUT2D eigenvalue weighted by atomic mass is 9.64. The number of nitrogens with zero attached hydrogens (tertiary/aromatic N) is 2. The monoisotopic (exact) mass is 720 g/mol. The molecule has 6 heterocycles. The summed E-state index contributed by atoms with van der Waals surface area (Å²) >= 11 is 0. The molecule has 2 aromatic heterocycles. The highest BCUT2D eigenvalue weighted by atomic mass is 16.6. The Bertz CT molecular complexity index is 2340. The molecular formula is C40H40N4O9. The maximum absolute atomic E-state index is 13.7. The largest absolute Gasteiger partial charge is 0.469 e. The highest BCUT2D eigenvalue weighted by Gasteiger charge is 2.54. The zero-order valence-electron chi connectivity index (χ0n) is 30.8. The molecule has 0 spiro atoms. The molecule has 0 saturated heterocycles. The molecule has 8 bridgehead atoms. The van der Waals surface area contributed by atoms with Crippen LogP contribution in [0.15, 0.2) is 35.9 Å². The van der Waals surface area contributed by atoms with Crippen LogP contribution in [0.4, 0.5) is 0 Å². The summed E-state index contributed by atoms with van der Waals surface area (Å²) in [4.78, 5) is 83.2. The van der Waals surface area contributed by atoms with E-state index in [0.717, 1.165) is 16.8 Å². The fourth-order valence-corrected chi connectivity index (χ4v) is 8.42. The number of carbonyl (C=O) groups is 5. The Morgan fingerprint density at radius 3 is 2.32 bits per heavy atom. The van der Waals surface area contributed by atoms with E-state index >= 15 is 0 Å². The van der Waals surface area contributed by atoms with E-state index in [9.17, 15) is 24.0 Å². The highest BCUT2D eigenvalue weighted by Crippen LogP contribution is 2.53. The third-order valence-electron chi connectivity index (χ3n) is 11.4. The first-order chi connectivity index (χ1) is 25.3. The first-order valence-corrected chi connectivity index (χ1v) is 17.5. The van der Waals surface area contributed by atoms with Crippen molar-refractivity contribution in [2.45, 2.75) is 71.1 Å². The van der Waals surface area contributed by atoms with Gasteiger partial charge in [0.15, 0.2) is 0 Å². The number of cyclic esters (lactones) is 2. The number of methoxy groups -OCH3 is 3. The van der Waals surface area contributed by atoms with E-state index in [-0.39, 0.29) is 46.4 Å². The van der Waals surface area contributed by atoms with Gasteiger partial charge in [0.25, 0.3) is 0 Å². The van der Waals surface area contributed by atoms with Crippen molar-refractivity contribution in [3.63, 3.8) is 0 Å². The summed E-state index contributed by atoms with van der Waals surface area (Å²) < 4.78 is 20.7. The molecule has 53 heavy (non-hydrogen) atoms. The number of aromatic nitrogens is 4. The molecule has 13 nitrogen and oxygen atoms in total. The van der Waals surface area contributed by atoms with Crippen LogP contribution in [-0.4, -0.2) is 71.1 Å². The predicted molar refractivity (Wildman–Crippen MR) is 193 cm³/mol. The molecule has 4 aliphatic heterocycles. The van der Waals surface area contributed by atoms with Gasteiger partial charge >= 0.3 is 29.8 Å². The molecule has 7 rings (SSSR count). The lowest BCUT2D eigenvalue weighted by Crippen LogP contribution is -2.42. The van der Waals surface area contributed by atoms with E-state index in [2.05, 4.69) is 9.97 Å². The van der Waals surface area contributed by atoms with Crippen molar-refractivity contribution >= 4 is 57.6 Å². The van der Waals surface area contributed by atoms with Crippen LogP contribution in [0.2, 0.25) is 0 Å². The van der Waals surface area contributed by atoms with Crippen LogP contribution in [0.5, 0.6) is 0 Å². The van der Waals surface area contributed by atoms with Crippen LogP contribution in [-0.2, 0) is 38.7 Å². The van der Waals surface area contributed by atoms with Gasteiger partial charge < -0.3 is 28.9 Å². The van der Waals surface area contributed by atoms with E-state index in [1.54, 1.807) is 25.1 Å². The van der Waals surface area contributed by atoms with Crippen LogP contribution in [0.3, 0.4) is 0 Å². The standard InChI is InChI=1S/C40H40N4O9/c1-9-20-17(2)24-14-25-18(3)21(11-13-30(45)50-6)34(43-25)32-35-31(37(47)53-38(32)48)19(4)26(44-35)15-28-23-12-10-22(36(46)51-7)33(39(49)52-8)40(23,5)29(42-28)16-27(20)41-24/h10,12,14-16,18,21,33,43-44H,9,11,13H2,1-8H3/t18-,21-,33+,40+/m0/s1. The predicted octanol–water partition coefficient (Wildman–Crippen LogP) is 6.08. The second-order valence-electron chi connectivity index (χ2n) is 14.0. The second-order valence-corrected chi connectivity index (χ2v) is 14.0. The molecular weight excluding hydrogens is 680 g/mol. The van der Waals surface area contributed by atoms with Crippen molar-refractivity contribution in [1.82, 2.24) is 19.9 Å². The average molecular weight is 721 g/mol. The number of rotatable bonds is 6. The van der Waals surface area contributed by atoms with Crippen LogP contribution >= 0.6 is 0 Å². The molecule has 0 unspecified atom stereocenters. The summed E-state index contributed by atoms with van der Waals surface area (Å²) in [5.74, 6) is -4.95. The first-order valence-electron chi connectivity index (χ1n) is 17.5. The number of esters is 5. The molecule has 0 amide bonds. The van der Waals surface area contributed by atoms with Gasteiger partial charge in [-0.3, -0.25) is 14.6 Å². The molecule has 0 fully saturated rings. The van der Waals surface area contributed by atoms with Gasteiger partial charge in [-0.2, -0.15) is 0 Å². The summed E-state index contributed by atoms with van der Waals surface area (Å²) in [6, 6.07) is 5.56. The van der Waals surface area contributed by atoms with E-state index < -0.39 is 35.2 Å². The van der Waals surface area contributed by atoms with Crippen molar-refractivity contribution in [3.8, 4) is 0 Å². The smallest absolute Gasteiger partial charge is 0.349 e. The van der Waals surface area contributed by atoms with E-state index in [1.165, 1.54) is 21.3 Å². The fourth-order valence-electron chi connectivity index (χ4n) is 8.42. The maximum Gasteiger partial charge on any atom is 0.349 e. The molecule has 0 saturated carbocycles. The van der Waals surface area contributed by atoms with E-state index in [4.69, 9.17) is 28.9 Å². The fraction of sp³-hybridized carbons (Fsp3) is 0.375. The Kier molecular flexibility index (Phi) is 8.70. The number of fused-ring (bicyclic) bond motifs is 11. The number of aromatic amines is 2. The second kappa shape index (κ2) is 13.0. The van der Waals surface area contributed by atoms with Gasteiger partial charge in [0.2, 0.25) is 0 Å². The Hall–Kier alpha value is -5.85. The number of H-pyrrole nitrogens is 2.